The zero-order valence-electron chi connectivity index (χ0n) is 37.7. The van der Waals surface area contributed by atoms with Crippen molar-refractivity contribution in [3.05, 3.63) is 0 Å². The highest BCUT2D eigenvalue weighted by Crippen LogP contribution is 2.37. The zero-order valence-corrected chi connectivity index (χ0v) is 37.7. The molecule has 6 rings (SSSR count). The normalized spacial score (nSPS) is 36.5. The number of hydrogen-bond donors (Lipinski definition) is 5. The largest absolute Gasteiger partial charge is 0.327 e. The van der Waals surface area contributed by atoms with Gasteiger partial charge in [-0.2, -0.15) is 0 Å². The third-order valence-electron chi connectivity index (χ3n) is 13.1. The highest BCUT2D eigenvalue weighted by Gasteiger charge is 2.45. The molecular weight excluding hydrogens is 695 g/mol. The predicted octanol–water partition coefficient (Wildman–Crippen LogP) is 4.76. The Morgan fingerprint density at radius 3 is 1.44 bits per heavy atom. The van der Waals surface area contributed by atoms with Crippen molar-refractivity contribution in [3.63, 3.8) is 0 Å². The Hall–Kier alpha value is -0.540. The van der Waals surface area contributed by atoms with E-state index in [0.717, 1.165) is 38.1 Å². The van der Waals surface area contributed by atoms with Crippen LogP contribution in [0.2, 0.25) is 0 Å². The molecule has 6 fully saturated rings. The summed E-state index contributed by atoms with van der Waals surface area (Å²) in [6.07, 6.45) is 7.23. The van der Waals surface area contributed by atoms with E-state index < -0.39 is 12.3 Å². The van der Waals surface area contributed by atoms with Crippen molar-refractivity contribution >= 4 is 0 Å². The average Bonchev–Trinajstić information content (AvgIpc) is 3.62. The molecule has 10 nitrogen and oxygen atoms in total. The summed E-state index contributed by atoms with van der Waals surface area (Å²) in [4.78, 5) is 11.7. The Morgan fingerprint density at radius 1 is 0.491 bits per heavy atom. The zero-order chi connectivity index (χ0) is 41.7. The van der Waals surface area contributed by atoms with Gasteiger partial charge in [0.15, 0.2) is 0 Å². The first-order valence-corrected chi connectivity index (χ1v) is 22.4. The molecular formula is C43H92F2N10. The fourth-order valence-electron chi connectivity index (χ4n) is 9.49. The van der Waals surface area contributed by atoms with Crippen molar-refractivity contribution in [1.29, 1.82) is 0 Å². The van der Waals surface area contributed by atoms with Crippen LogP contribution >= 0.6 is 0 Å². The number of rotatable bonds is 5. The second-order valence-electron chi connectivity index (χ2n) is 19.4. The maximum atomic E-state index is 13.3. The van der Waals surface area contributed by atoms with Crippen LogP contribution in [0.1, 0.15) is 134 Å². The summed E-state index contributed by atoms with van der Waals surface area (Å²) in [6.45, 7) is 33.0. The van der Waals surface area contributed by atoms with E-state index in [-0.39, 0.29) is 18.1 Å². The maximum Gasteiger partial charge on any atom is 0.117 e. The minimum atomic E-state index is -0.754. The first-order valence-electron chi connectivity index (χ1n) is 22.4. The van der Waals surface area contributed by atoms with Gasteiger partial charge in [-0.05, 0) is 147 Å². The molecule has 11 unspecified atom stereocenters. The van der Waals surface area contributed by atoms with Crippen molar-refractivity contribution in [1.82, 2.24) is 24.5 Å². The fraction of sp³-hybridized carbons (Fsp3) is 1.00. The molecule has 0 aromatic carbocycles. The number of alkyl halides is 2. The molecule has 10 N–H and O–H groups in total. The predicted molar refractivity (Wildman–Crippen MR) is 232 cm³/mol. The molecule has 1 aliphatic carbocycles. The number of likely N-dealkylation sites (tertiary alicyclic amines) is 5. The molecule has 0 amide bonds. The highest BCUT2D eigenvalue weighted by molar-refractivity contribution is 5.02. The monoisotopic (exact) mass is 787 g/mol. The van der Waals surface area contributed by atoms with E-state index in [1.807, 2.05) is 6.92 Å². The van der Waals surface area contributed by atoms with Gasteiger partial charge in [-0.15, -0.1) is 0 Å². The molecule has 6 aliphatic rings. The van der Waals surface area contributed by atoms with Gasteiger partial charge in [0.1, 0.15) is 12.3 Å². The van der Waals surface area contributed by atoms with Crippen LogP contribution in [-0.4, -0.2) is 161 Å². The topological polar surface area (TPSA) is 146 Å². The second-order valence-corrected chi connectivity index (χ2v) is 19.4. The fourth-order valence-corrected chi connectivity index (χ4v) is 9.49. The molecule has 5 aliphatic heterocycles. The number of fused-ring (bicyclic) bond motifs is 2. The van der Waals surface area contributed by atoms with E-state index in [2.05, 4.69) is 101 Å². The summed E-state index contributed by atoms with van der Waals surface area (Å²) in [7, 11) is 0. The Bertz CT molecular complexity index is 1000. The molecule has 11 atom stereocenters. The van der Waals surface area contributed by atoms with Crippen LogP contribution in [0.5, 0.6) is 0 Å². The third kappa shape index (κ3) is 16.9. The van der Waals surface area contributed by atoms with Crippen molar-refractivity contribution in [2.24, 2.45) is 34.6 Å². The molecule has 0 radical (unpaired) electrons. The maximum absolute atomic E-state index is 13.3. The van der Waals surface area contributed by atoms with Crippen molar-refractivity contribution in [2.45, 2.75) is 225 Å². The molecule has 1 saturated carbocycles. The van der Waals surface area contributed by atoms with E-state index in [4.69, 9.17) is 28.7 Å². The molecule has 5 heterocycles. The van der Waals surface area contributed by atoms with Gasteiger partial charge in [0.05, 0.1) is 0 Å². The highest BCUT2D eigenvalue weighted by atomic mass is 19.1. The first-order chi connectivity index (χ1) is 25.6. The van der Waals surface area contributed by atoms with Gasteiger partial charge in [-0.3, -0.25) is 24.5 Å². The summed E-state index contributed by atoms with van der Waals surface area (Å²) in [5.41, 5.74) is 29.2. The average molecular weight is 787 g/mol. The third-order valence-corrected chi connectivity index (χ3v) is 13.1. The van der Waals surface area contributed by atoms with Crippen LogP contribution in [0, 0.1) is 5.92 Å². The van der Waals surface area contributed by atoms with Gasteiger partial charge in [0, 0.05) is 118 Å². The molecule has 2 bridgehead atoms. The molecule has 328 valence electrons. The molecule has 0 aromatic heterocycles. The molecule has 12 heteroatoms. The van der Waals surface area contributed by atoms with Crippen LogP contribution in [0.4, 0.5) is 8.78 Å². The first kappa shape index (κ1) is 50.6. The molecule has 0 spiro atoms. The quantitative estimate of drug-likeness (QED) is 0.265. The number of nitrogens with zero attached hydrogens (tertiary/aromatic N) is 5. The van der Waals surface area contributed by atoms with Crippen molar-refractivity contribution in [2.75, 3.05) is 45.8 Å². The van der Waals surface area contributed by atoms with Crippen LogP contribution in [0.25, 0.3) is 0 Å². The number of hydrogen-bond acceptors (Lipinski definition) is 10. The van der Waals surface area contributed by atoms with Crippen LogP contribution in [-0.2, 0) is 0 Å². The van der Waals surface area contributed by atoms with Crippen LogP contribution in [0.15, 0.2) is 0 Å². The lowest BCUT2D eigenvalue weighted by molar-refractivity contribution is 0.0421. The summed E-state index contributed by atoms with van der Waals surface area (Å²) in [6, 6.07) is 5.66. The van der Waals surface area contributed by atoms with E-state index in [1.165, 1.54) is 51.6 Å². The minimum absolute atomic E-state index is 0.0126. The van der Waals surface area contributed by atoms with Crippen LogP contribution < -0.4 is 28.7 Å². The smallest absolute Gasteiger partial charge is 0.117 e. The summed E-state index contributed by atoms with van der Waals surface area (Å²) >= 11 is 0. The lowest BCUT2D eigenvalue weighted by atomic mass is 9.97. The number of piperidine rings is 5. The summed E-state index contributed by atoms with van der Waals surface area (Å²) in [5.74, 6) is 0.808. The summed E-state index contributed by atoms with van der Waals surface area (Å²) in [5, 5.41) is 0. The second kappa shape index (κ2) is 24.5. The lowest BCUT2D eigenvalue weighted by Gasteiger charge is -2.41. The van der Waals surface area contributed by atoms with Gasteiger partial charge < -0.3 is 28.7 Å². The van der Waals surface area contributed by atoms with Crippen molar-refractivity contribution in [3.8, 4) is 0 Å². The molecule has 0 aromatic rings. The standard InChI is InChI=1S/C9H19FN2.C9H18N2.C9H20N2.C8H17FN2.C8H18N2/c1-6(2)12-5-8(11)4-9(10)7(12)3;1-6(2)11-5-7-3-4-8(11)9(7)10;1-7(2)11-6-9(10)5-4-8(11)3;1-6(2)11-4-7(9)3-8(10)5-11;1-7(2)10-5-3-4-8(9)6-10/h6-9H,4-5,11H2,1-3H3;6-9H,3-5,10H2,1-2H3;7-9H,4-6,10H2,1-3H3;6-8H,3-5,10H2,1-2H3;7-8H,3-6,9H2,1-2H3. The van der Waals surface area contributed by atoms with Gasteiger partial charge in [0.2, 0.25) is 0 Å². The Kier molecular flexibility index (Phi) is 22.6. The molecule has 55 heavy (non-hydrogen) atoms. The minimum Gasteiger partial charge on any atom is -0.327 e. The van der Waals surface area contributed by atoms with E-state index in [9.17, 15) is 8.78 Å². The van der Waals surface area contributed by atoms with Gasteiger partial charge in [-0.1, -0.05) is 0 Å². The number of halogens is 2. The Balaban J connectivity index is 0.000000238. The van der Waals surface area contributed by atoms with E-state index in [1.54, 1.807) is 0 Å². The Morgan fingerprint density at radius 2 is 1.02 bits per heavy atom. The SMILES string of the molecule is CC(C)N1CC(N)CC(F)C1.CC(C)N1CC(N)CC(F)C1C.CC(C)N1CC(N)CCC1C.CC(C)N1CC2CCC1C2N.CC(C)N1CCCC(N)C1. The van der Waals surface area contributed by atoms with E-state index >= 15 is 0 Å². The van der Waals surface area contributed by atoms with Crippen LogP contribution in [0.3, 0.4) is 0 Å². The molecule has 5 saturated heterocycles. The Labute approximate surface area is 338 Å². The summed E-state index contributed by atoms with van der Waals surface area (Å²) < 4.78 is 26.2. The van der Waals surface area contributed by atoms with Gasteiger partial charge >= 0.3 is 0 Å². The van der Waals surface area contributed by atoms with Gasteiger partial charge in [-0.25, -0.2) is 8.78 Å². The van der Waals surface area contributed by atoms with Crippen molar-refractivity contribution < 1.29 is 8.78 Å². The van der Waals surface area contributed by atoms with E-state index in [0.29, 0.717) is 73.8 Å². The lowest BCUT2D eigenvalue weighted by Crippen LogP contribution is -2.55. The van der Waals surface area contributed by atoms with Gasteiger partial charge in [0.25, 0.3) is 0 Å². The number of nitrogens with two attached hydrogens (primary N) is 5.